The van der Waals surface area contributed by atoms with E-state index < -0.39 is 16.0 Å². The smallest absolute Gasteiger partial charge is 0.356 e. The van der Waals surface area contributed by atoms with E-state index in [1.54, 1.807) is 30.3 Å². The van der Waals surface area contributed by atoms with Crippen LogP contribution >= 0.6 is 0 Å². The van der Waals surface area contributed by atoms with E-state index in [0.717, 1.165) is 5.56 Å². The van der Waals surface area contributed by atoms with E-state index in [-0.39, 0.29) is 17.2 Å². The Kier molecular flexibility index (Phi) is 4.66. The molecule has 0 aliphatic rings. The van der Waals surface area contributed by atoms with Crippen LogP contribution in [0.15, 0.2) is 53.6 Å². The molecule has 7 heteroatoms. The molecule has 21 heavy (non-hydrogen) atoms. The Hall–Kier alpha value is -2.25. The van der Waals surface area contributed by atoms with E-state index in [1.807, 2.05) is 0 Å². The van der Waals surface area contributed by atoms with E-state index in [9.17, 15) is 13.2 Å². The van der Waals surface area contributed by atoms with Crippen LogP contribution in [0.4, 0.5) is 0 Å². The maximum atomic E-state index is 11.6. The number of hydrogen-bond acceptors (Lipinski definition) is 5. The number of pyridine rings is 1. The lowest BCUT2D eigenvalue weighted by atomic mass is 10.2. The number of primary sulfonamides is 1. The van der Waals surface area contributed by atoms with Crippen molar-refractivity contribution in [2.45, 2.75) is 11.3 Å². The van der Waals surface area contributed by atoms with Gasteiger partial charge in [-0.25, -0.2) is 23.3 Å². The molecule has 1 aromatic carbocycles. The molecule has 1 aromatic heterocycles. The van der Waals surface area contributed by atoms with Crippen LogP contribution in [0.3, 0.4) is 0 Å². The molecule has 0 atom stereocenters. The fourth-order valence-corrected chi connectivity index (χ4v) is 2.18. The number of ether oxygens (including phenoxy) is 1. The first kappa shape index (κ1) is 15.1. The van der Waals surface area contributed by atoms with Gasteiger partial charge in [0.2, 0.25) is 10.0 Å². The van der Waals surface area contributed by atoms with Gasteiger partial charge in [-0.15, -0.1) is 0 Å². The van der Waals surface area contributed by atoms with E-state index in [0.29, 0.717) is 6.42 Å². The van der Waals surface area contributed by atoms with Crippen LogP contribution in [0.5, 0.6) is 0 Å². The zero-order valence-corrected chi connectivity index (χ0v) is 11.9. The van der Waals surface area contributed by atoms with Gasteiger partial charge in [0.05, 0.1) is 11.5 Å². The van der Waals surface area contributed by atoms with Crippen molar-refractivity contribution in [1.29, 1.82) is 0 Å². The van der Waals surface area contributed by atoms with Crippen molar-refractivity contribution >= 4 is 16.0 Å². The maximum absolute atomic E-state index is 11.6. The van der Waals surface area contributed by atoms with Crippen molar-refractivity contribution in [1.82, 2.24) is 4.98 Å². The molecule has 0 bridgehead atoms. The lowest BCUT2D eigenvalue weighted by molar-refractivity contribution is 0.0502. The third kappa shape index (κ3) is 4.37. The van der Waals surface area contributed by atoms with Crippen LogP contribution in [-0.4, -0.2) is 26.0 Å². The second-order valence-corrected chi connectivity index (χ2v) is 5.85. The predicted molar refractivity (Wildman–Crippen MR) is 76.0 cm³/mol. The van der Waals surface area contributed by atoms with Crippen LogP contribution in [0, 0.1) is 0 Å². The number of rotatable bonds is 5. The van der Waals surface area contributed by atoms with Crippen molar-refractivity contribution in [2.24, 2.45) is 5.14 Å². The van der Waals surface area contributed by atoms with Gasteiger partial charge in [0.1, 0.15) is 5.69 Å². The van der Waals surface area contributed by atoms with Crippen molar-refractivity contribution in [3.8, 4) is 0 Å². The van der Waals surface area contributed by atoms with Gasteiger partial charge in [-0.3, -0.25) is 0 Å². The maximum Gasteiger partial charge on any atom is 0.356 e. The number of aromatic nitrogens is 1. The van der Waals surface area contributed by atoms with E-state index in [4.69, 9.17) is 9.88 Å². The largest absolute Gasteiger partial charge is 0.461 e. The van der Waals surface area contributed by atoms with E-state index in [2.05, 4.69) is 4.98 Å². The molecule has 2 N–H and O–H groups in total. The van der Waals surface area contributed by atoms with Gasteiger partial charge in [-0.05, 0) is 29.8 Å². The summed E-state index contributed by atoms with van der Waals surface area (Å²) in [6.45, 7) is 0.185. The average molecular weight is 306 g/mol. The molecule has 2 aromatic rings. The molecule has 0 spiro atoms. The molecule has 0 amide bonds. The van der Waals surface area contributed by atoms with Crippen molar-refractivity contribution in [2.75, 3.05) is 6.61 Å². The lowest BCUT2D eigenvalue weighted by Crippen LogP contribution is -2.12. The molecule has 2 rings (SSSR count). The number of sulfonamides is 1. The normalized spacial score (nSPS) is 11.1. The minimum atomic E-state index is -3.68. The first-order valence-electron chi connectivity index (χ1n) is 6.17. The topological polar surface area (TPSA) is 99.4 Å². The van der Waals surface area contributed by atoms with Crippen LogP contribution in [0.2, 0.25) is 0 Å². The van der Waals surface area contributed by atoms with Crippen LogP contribution in [-0.2, 0) is 21.2 Å². The summed E-state index contributed by atoms with van der Waals surface area (Å²) in [5, 5.41) is 5.01. The molecule has 0 aliphatic heterocycles. The Bertz CT molecular complexity index is 712. The molecule has 6 nitrogen and oxygen atoms in total. The minimum Gasteiger partial charge on any atom is -0.461 e. The molecule has 0 saturated heterocycles. The predicted octanol–water partition coefficient (Wildman–Crippen LogP) is 1.13. The fraction of sp³-hybridized carbons (Fsp3) is 0.143. The number of benzene rings is 1. The molecular weight excluding hydrogens is 292 g/mol. The van der Waals surface area contributed by atoms with E-state index >= 15 is 0 Å². The summed E-state index contributed by atoms with van der Waals surface area (Å²) in [7, 11) is -3.68. The fourth-order valence-electron chi connectivity index (χ4n) is 1.66. The molecule has 0 radical (unpaired) electrons. The summed E-state index contributed by atoms with van der Waals surface area (Å²) in [6, 6.07) is 11.1. The summed E-state index contributed by atoms with van der Waals surface area (Å²) in [5.41, 5.74) is 1.10. The Labute approximate surface area is 122 Å². The number of carbonyl (C=O) groups excluding carboxylic acids is 1. The standard InChI is InChI=1S/C14H14N2O4S/c15-21(18,19)12-6-4-11(5-7-12)8-10-20-14(17)13-3-1-2-9-16-13/h1-7,9H,8,10H2,(H2,15,18,19). The van der Waals surface area contributed by atoms with Crippen LogP contribution in [0.25, 0.3) is 0 Å². The Balaban J connectivity index is 1.88. The summed E-state index contributed by atoms with van der Waals surface area (Å²) >= 11 is 0. The lowest BCUT2D eigenvalue weighted by Gasteiger charge is -2.05. The van der Waals surface area contributed by atoms with Gasteiger partial charge >= 0.3 is 5.97 Å². The van der Waals surface area contributed by atoms with Gasteiger partial charge in [-0.1, -0.05) is 18.2 Å². The molecule has 1 heterocycles. The summed E-state index contributed by atoms with van der Waals surface area (Å²) < 4.78 is 27.3. The monoisotopic (exact) mass is 306 g/mol. The second-order valence-electron chi connectivity index (χ2n) is 4.29. The highest BCUT2D eigenvalue weighted by molar-refractivity contribution is 7.89. The molecule has 110 valence electrons. The minimum absolute atomic E-state index is 0.0525. The summed E-state index contributed by atoms with van der Waals surface area (Å²) in [4.78, 5) is 15.6. The Morgan fingerprint density at radius 3 is 2.43 bits per heavy atom. The Morgan fingerprint density at radius 1 is 1.14 bits per heavy atom. The zero-order valence-electron chi connectivity index (χ0n) is 11.1. The number of nitrogens with zero attached hydrogens (tertiary/aromatic N) is 1. The quantitative estimate of drug-likeness (QED) is 0.835. The average Bonchev–Trinajstić information content (AvgIpc) is 2.47. The molecule has 0 unspecified atom stereocenters. The SMILES string of the molecule is NS(=O)(=O)c1ccc(CCOC(=O)c2ccccn2)cc1. The summed E-state index contributed by atoms with van der Waals surface area (Å²) in [5.74, 6) is -0.489. The number of hydrogen-bond donors (Lipinski definition) is 1. The zero-order chi connectivity index (χ0) is 15.3. The van der Waals surface area contributed by atoms with E-state index in [1.165, 1.54) is 18.3 Å². The van der Waals surface area contributed by atoms with Crippen molar-refractivity contribution in [3.63, 3.8) is 0 Å². The number of nitrogens with two attached hydrogens (primary N) is 1. The van der Waals surface area contributed by atoms with Gasteiger partial charge < -0.3 is 4.74 Å². The third-order valence-electron chi connectivity index (χ3n) is 2.75. The number of esters is 1. The van der Waals surface area contributed by atoms with Gasteiger partial charge in [0.15, 0.2) is 0 Å². The van der Waals surface area contributed by atoms with Crippen LogP contribution in [0.1, 0.15) is 16.1 Å². The number of carbonyl (C=O) groups is 1. The molecule has 0 fully saturated rings. The van der Waals surface area contributed by atoms with Crippen LogP contribution < -0.4 is 5.14 Å². The highest BCUT2D eigenvalue weighted by Gasteiger charge is 2.09. The van der Waals surface area contributed by atoms with Gasteiger partial charge in [-0.2, -0.15) is 0 Å². The summed E-state index contributed by atoms with van der Waals surface area (Å²) in [6.07, 6.45) is 1.99. The highest BCUT2D eigenvalue weighted by Crippen LogP contribution is 2.09. The first-order chi connectivity index (χ1) is 9.97. The van der Waals surface area contributed by atoms with Gasteiger partial charge in [0, 0.05) is 12.6 Å². The Morgan fingerprint density at radius 2 is 1.86 bits per heavy atom. The van der Waals surface area contributed by atoms with Crippen molar-refractivity contribution in [3.05, 3.63) is 59.9 Å². The molecular formula is C14H14N2O4S. The highest BCUT2D eigenvalue weighted by atomic mass is 32.2. The van der Waals surface area contributed by atoms with Crippen molar-refractivity contribution < 1.29 is 17.9 Å². The third-order valence-corrected chi connectivity index (χ3v) is 3.68. The second kappa shape index (κ2) is 6.47. The molecule has 0 aliphatic carbocycles. The molecule has 0 saturated carbocycles. The first-order valence-corrected chi connectivity index (χ1v) is 7.71. The van der Waals surface area contributed by atoms with Gasteiger partial charge in [0.25, 0.3) is 0 Å².